The minimum absolute atomic E-state index is 0.167. The molecule has 6 nitrogen and oxygen atoms in total. The molecule has 0 aromatic carbocycles. The average molecular weight is 311 g/mol. The Bertz CT molecular complexity index is 540. The molecule has 0 radical (unpaired) electrons. The molecule has 1 heterocycles. The molecule has 0 saturated heterocycles. The van der Waals surface area contributed by atoms with Gasteiger partial charge in [-0.1, -0.05) is 0 Å². The van der Waals surface area contributed by atoms with E-state index in [1.165, 1.54) is 4.90 Å². The Kier molecular flexibility index (Phi) is 4.82. The van der Waals surface area contributed by atoms with Crippen molar-refractivity contribution < 1.29 is 14.7 Å². The van der Waals surface area contributed by atoms with Crippen molar-refractivity contribution in [3.63, 3.8) is 0 Å². The van der Waals surface area contributed by atoms with Crippen LogP contribution in [-0.2, 0) is 4.79 Å². The number of nitrogens with zero attached hydrogens (tertiary/aromatic N) is 2. The topological polar surface area (TPSA) is 82.5 Å². The molecule has 2 rings (SSSR count). The molecule has 0 aliphatic heterocycles. The van der Waals surface area contributed by atoms with Gasteiger partial charge < -0.3 is 15.3 Å². The number of urea groups is 1. The summed E-state index contributed by atoms with van der Waals surface area (Å²) in [5.41, 5.74) is 0.914. The summed E-state index contributed by atoms with van der Waals surface area (Å²) < 4.78 is 0. The summed E-state index contributed by atoms with van der Waals surface area (Å²) >= 11 is 1.56. The zero-order chi connectivity index (χ0) is 15.6. The molecule has 1 fully saturated rings. The largest absolute Gasteiger partial charge is 0.480 e. The smallest absolute Gasteiger partial charge is 0.323 e. The Morgan fingerprint density at radius 3 is 2.62 bits per heavy atom. The second kappa shape index (κ2) is 6.43. The Labute approximate surface area is 128 Å². The molecule has 2 N–H and O–H groups in total. The minimum atomic E-state index is -0.983. The van der Waals surface area contributed by atoms with E-state index in [9.17, 15) is 9.59 Å². The third kappa shape index (κ3) is 4.42. The van der Waals surface area contributed by atoms with Gasteiger partial charge in [-0.3, -0.25) is 4.79 Å². The van der Waals surface area contributed by atoms with Crippen molar-refractivity contribution in [3.8, 4) is 0 Å². The number of aromatic nitrogens is 1. The number of carbonyl (C=O) groups is 2. The SMILES string of the molecule is Cc1nc(C)c(C(C)NC(=O)N(CC(=O)O)CC2CC2)s1. The van der Waals surface area contributed by atoms with E-state index in [2.05, 4.69) is 10.3 Å². The van der Waals surface area contributed by atoms with Crippen LogP contribution < -0.4 is 5.32 Å². The lowest BCUT2D eigenvalue weighted by atomic mass is 10.2. The molecule has 1 atom stereocenters. The van der Waals surface area contributed by atoms with Crippen molar-refractivity contribution in [2.75, 3.05) is 13.1 Å². The van der Waals surface area contributed by atoms with Crippen molar-refractivity contribution in [3.05, 3.63) is 15.6 Å². The number of amides is 2. The van der Waals surface area contributed by atoms with E-state index in [0.29, 0.717) is 12.5 Å². The van der Waals surface area contributed by atoms with Crippen LogP contribution >= 0.6 is 11.3 Å². The number of carboxylic acids is 1. The molecule has 2 amide bonds. The van der Waals surface area contributed by atoms with Crippen molar-refractivity contribution in [2.45, 2.75) is 39.7 Å². The van der Waals surface area contributed by atoms with Crippen LogP contribution in [0.15, 0.2) is 0 Å². The molecule has 116 valence electrons. The Hall–Kier alpha value is -1.63. The van der Waals surface area contributed by atoms with Crippen LogP contribution in [0, 0.1) is 19.8 Å². The highest BCUT2D eigenvalue weighted by molar-refractivity contribution is 7.11. The van der Waals surface area contributed by atoms with Crippen LogP contribution in [0.5, 0.6) is 0 Å². The van der Waals surface area contributed by atoms with Gasteiger partial charge in [0, 0.05) is 11.4 Å². The maximum atomic E-state index is 12.3. The number of rotatable bonds is 6. The number of hydrogen-bond donors (Lipinski definition) is 2. The fraction of sp³-hybridized carbons (Fsp3) is 0.643. The summed E-state index contributed by atoms with van der Waals surface area (Å²) in [7, 11) is 0. The van der Waals surface area contributed by atoms with Crippen molar-refractivity contribution in [2.24, 2.45) is 5.92 Å². The number of aryl methyl sites for hydroxylation is 2. The number of carbonyl (C=O) groups excluding carboxylic acids is 1. The van der Waals surface area contributed by atoms with Gasteiger partial charge in [0.2, 0.25) is 0 Å². The highest BCUT2D eigenvalue weighted by atomic mass is 32.1. The number of thiazole rings is 1. The van der Waals surface area contributed by atoms with Crippen molar-refractivity contribution >= 4 is 23.3 Å². The predicted molar refractivity (Wildman–Crippen MR) is 80.5 cm³/mol. The van der Waals surface area contributed by atoms with E-state index < -0.39 is 5.97 Å². The third-order valence-corrected chi connectivity index (χ3v) is 4.72. The Morgan fingerprint density at radius 2 is 2.14 bits per heavy atom. The summed E-state index contributed by atoms with van der Waals surface area (Å²) in [4.78, 5) is 29.9. The van der Waals surface area contributed by atoms with Gasteiger partial charge in [-0.2, -0.15) is 0 Å². The van der Waals surface area contributed by atoms with Gasteiger partial charge in [-0.05, 0) is 39.5 Å². The van der Waals surface area contributed by atoms with E-state index >= 15 is 0 Å². The summed E-state index contributed by atoms with van der Waals surface area (Å²) in [6.45, 7) is 6.01. The van der Waals surface area contributed by atoms with Crippen LogP contribution in [0.25, 0.3) is 0 Å². The van der Waals surface area contributed by atoms with Crippen LogP contribution in [0.3, 0.4) is 0 Å². The summed E-state index contributed by atoms with van der Waals surface area (Å²) in [5, 5.41) is 12.8. The first kappa shape index (κ1) is 15.8. The molecular formula is C14H21N3O3S. The lowest BCUT2D eigenvalue weighted by molar-refractivity contribution is -0.137. The third-order valence-electron chi connectivity index (χ3n) is 3.46. The van der Waals surface area contributed by atoms with Crippen LogP contribution in [0.2, 0.25) is 0 Å². The molecule has 1 aromatic heterocycles. The van der Waals surface area contributed by atoms with Gasteiger partial charge in [0.25, 0.3) is 0 Å². The zero-order valence-electron chi connectivity index (χ0n) is 12.5. The maximum absolute atomic E-state index is 12.3. The molecule has 1 saturated carbocycles. The van der Waals surface area contributed by atoms with Gasteiger partial charge in [0.15, 0.2) is 0 Å². The number of aliphatic carboxylic acids is 1. The van der Waals surface area contributed by atoms with Crippen molar-refractivity contribution in [1.29, 1.82) is 0 Å². The summed E-state index contributed by atoms with van der Waals surface area (Å²) in [6, 6.07) is -0.485. The predicted octanol–water partition coefficient (Wildman–Crippen LogP) is 2.33. The number of nitrogens with one attached hydrogen (secondary N) is 1. The highest BCUT2D eigenvalue weighted by Gasteiger charge is 2.28. The quantitative estimate of drug-likeness (QED) is 0.844. The molecule has 1 unspecified atom stereocenters. The second-order valence-electron chi connectivity index (χ2n) is 5.57. The Balaban J connectivity index is 1.99. The molecule has 21 heavy (non-hydrogen) atoms. The molecule has 7 heteroatoms. The van der Waals surface area contributed by atoms with Gasteiger partial charge in [-0.15, -0.1) is 11.3 Å². The van der Waals surface area contributed by atoms with E-state index in [0.717, 1.165) is 28.4 Å². The zero-order valence-corrected chi connectivity index (χ0v) is 13.4. The van der Waals surface area contributed by atoms with Crippen molar-refractivity contribution in [1.82, 2.24) is 15.2 Å². The van der Waals surface area contributed by atoms with E-state index in [1.807, 2.05) is 20.8 Å². The maximum Gasteiger partial charge on any atom is 0.323 e. The highest BCUT2D eigenvalue weighted by Crippen LogP contribution is 2.30. The van der Waals surface area contributed by atoms with Crippen LogP contribution in [0.4, 0.5) is 4.79 Å². The molecule has 1 aliphatic rings. The monoisotopic (exact) mass is 311 g/mol. The minimum Gasteiger partial charge on any atom is -0.480 e. The normalized spacial score (nSPS) is 15.6. The molecular weight excluding hydrogens is 290 g/mol. The fourth-order valence-electron chi connectivity index (χ4n) is 2.29. The molecule has 1 aromatic rings. The summed E-state index contributed by atoms with van der Waals surface area (Å²) in [5.74, 6) is -0.527. The van der Waals surface area contributed by atoms with Gasteiger partial charge in [-0.25, -0.2) is 9.78 Å². The molecule has 0 spiro atoms. The molecule has 0 bridgehead atoms. The summed E-state index contributed by atoms with van der Waals surface area (Å²) in [6.07, 6.45) is 2.15. The standard InChI is InChI=1S/C14H21N3O3S/c1-8-13(21-10(3)15-8)9(2)16-14(20)17(7-12(18)19)6-11-4-5-11/h9,11H,4-7H2,1-3H3,(H,16,20)(H,18,19). The van der Waals surface area contributed by atoms with E-state index in [1.54, 1.807) is 11.3 Å². The van der Waals surface area contributed by atoms with Gasteiger partial charge >= 0.3 is 12.0 Å². The number of hydrogen-bond acceptors (Lipinski definition) is 4. The van der Waals surface area contributed by atoms with Gasteiger partial charge in [0.05, 0.1) is 16.7 Å². The van der Waals surface area contributed by atoms with E-state index in [-0.39, 0.29) is 18.6 Å². The lowest BCUT2D eigenvalue weighted by Gasteiger charge is -2.23. The van der Waals surface area contributed by atoms with E-state index in [4.69, 9.17) is 5.11 Å². The fourth-order valence-corrected chi connectivity index (χ4v) is 3.22. The lowest BCUT2D eigenvalue weighted by Crippen LogP contribution is -2.44. The number of carboxylic acid groups (broad SMARTS) is 1. The van der Waals surface area contributed by atoms with Crippen LogP contribution in [0.1, 0.15) is 41.4 Å². The molecule has 1 aliphatic carbocycles. The second-order valence-corrected chi connectivity index (χ2v) is 6.81. The average Bonchev–Trinajstić information content (AvgIpc) is 3.11. The van der Waals surface area contributed by atoms with Gasteiger partial charge in [0.1, 0.15) is 6.54 Å². The Morgan fingerprint density at radius 1 is 1.48 bits per heavy atom. The first-order valence-corrected chi connectivity index (χ1v) is 7.89. The van der Waals surface area contributed by atoms with Crippen LogP contribution in [-0.4, -0.2) is 40.1 Å². The first-order valence-electron chi connectivity index (χ1n) is 7.08. The first-order chi connectivity index (χ1) is 9.86.